The number of benzene rings is 1. The van der Waals surface area contributed by atoms with E-state index in [1.54, 1.807) is 12.1 Å². The molecule has 112 valence electrons. The van der Waals surface area contributed by atoms with Gasteiger partial charge in [0.2, 0.25) is 10.0 Å². The molecule has 5 N–H and O–H groups in total. The highest BCUT2D eigenvalue weighted by atomic mass is 32.2. The Kier molecular flexibility index (Phi) is 4.52. The molecule has 6 nitrogen and oxygen atoms in total. The zero-order chi connectivity index (χ0) is 14.8. The molecule has 0 amide bonds. The summed E-state index contributed by atoms with van der Waals surface area (Å²) in [5, 5.41) is 8.43. The van der Waals surface area contributed by atoms with E-state index >= 15 is 0 Å². The molecule has 0 aromatic heterocycles. The van der Waals surface area contributed by atoms with Crippen molar-refractivity contribution in [2.75, 3.05) is 30.7 Å². The van der Waals surface area contributed by atoms with E-state index < -0.39 is 10.0 Å². The van der Waals surface area contributed by atoms with Gasteiger partial charge in [0.25, 0.3) is 0 Å². The fraction of sp³-hybridized carbons (Fsp3) is 0.538. The van der Waals surface area contributed by atoms with E-state index in [-0.39, 0.29) is 4.90 Å². The van der Waals surface area contributed by atoms with Gasteiger partial charge in [0.1, 0.15) is 4.90 Å². The van der Waals surface area contributed by atoms with Crippen molar-refractivity contribution in [1.29, 1.82) is 0 Å². The number of nitrogens with one attached hydrogen (secondary N) is 1. The summed E-state index contributed by atoms with van der Waals surface area (Å²) in [4.78, 5) is 2.44. The zero-order valence-electron chi connectivity index (χ0n) is 11.7. The summed E-state index contributed by atoms with van der Waals surface area (Å²) in [5.41, 5.74) is 6.53. The van der Waals surface area contributed by atoms with Crippen molar-refractivity contribution in [3.05, 3.63) is 18.2 Å². The van der Waals surface area contributed by atoms with Gasteiger partial charge in [-0.25, -0.2) is 13.6 Å². The summed E-state index contributed by atoms with van der Waals surface area (Å²) in [7, 11) is -3.78. The molecule has 1 fully saturated rings. The first-order valence-electron chi connectivity index (χ1n) is 6.82. The normalized spacial score (nSPS) is 20.2. The van der Waals surface area contributed by atoms with Gasteiger partial charge in [0, 0.05) is 18.3 Å². The van der Waals surface area contributed by atoms with E-state index in [1.807, 2.05) is 0 Å². The van der Waals surface area contributed by atoms with Crippen LogP contribution in [0, 0.1) is 0 Å². The molecule has 1 unspecified atom stereocenters. The van der Waals surface area contributed by atoms with Crippen LogP contribution >= 0.6 is 0 Å². The number of sulfonamides is 1. The van der Waals surface area contributed by atoms with Crippen LogP contribution in [-0.2, 0) is 10.0 Å². The van der Waals surface area contributed by atoms with Crippen LogP contribution in [0.5, 0.6) is 0 Å². The lowest BCUT2D eigenvalue weighted by Crippen LogP contribution is -2.34. The summed E-state index contributed by atoms with van der Waals surface area (Å²) in [6.45, 7) is 4.96. The number of nitrogen functional groups attached to an aromatic ring is 1. The molecule has 2 rings (SSSR count). The molecule has 0 radical (unpaired) electrons. The van der Waals surface area contributed by atoms with Crippen LogP contribution < -0.4 is 16.2 Å². The minimum atomic E-state index is -3.78. The summed E-state index contributed by atoms with van der Waals surface area (Å²) in [6.07, 6.45) is 2.31. The van der Waals surface area contributed by atoms with E-state index in [1.165, 1.54) is 12.5 Å². The Morgan fingerprint density at radius 3 is 2.85 bits per heavy atom. The summed E-state index contributed by atoms with van der Waals surface area (Å²) in [5.74, 6) is 0. The number of hydrogen-bond donors (Lipinski definition) is 3. The predicted molar refractivity (Wildman–Crippen MR) is 81.0 cm³/mol. The highest BCUT2D eigenvalue weighted by Crippen LogP contribution is 2.24. The van der Waals surface area contributed by atoms with Crippen molar-refractivity contribution in [3.8, 4) is 0 Å². The molecule has 0 aliphatic carbocycles. The van der Waals surface area contributed by atoms with Gasteiger partial charge in [0.15, 0.2) is 0 Å². The van der Waals surface area contributed by atoms with Crippen LogP contribution in [0.1, 0.15) is 19.8 Å². The molecule has 1 saturated heterocycles. The first-order chi connectivity index (χ1) is 9.41. The van der Waals surface area contributed by atoms with Gasteiger partial charge in [0.05, 0.1) is 5.69 Å². The van der Waals surface area contributed by atoms with Crippen molar-refractivity contribution in [1.82, 2.24) is 4.90 Å². The molecule has 1 aliphatic heterocycles. The van der Waals surface area contributed by atoms with E-state index in [0.29, 0.717) is 24.0 Å². The fourth-order valence-corrected chi connectivity index (χ4v) is 3.44. The molecule has 1 aliphatic rings. The standard InChI is InChI=1S/C13H22N4O2S/c1-2-17-7-3-4-11(17)9-16-12-6-5-10(14)8-13(12)20(15,18)19/h5-6,8,11,16H,2-4,7,9,14H2,1H3,(H2,15,18,19). The molecule has 1 aromatic rings. The maximum Gasteiger partial charge on any atom is 0.240 e. The Bertz CT molecular complexity index is 574. The Balaban J connectivity index is 2.14. The second-order valence-electron chi connectivity index (χ2n) is 5.11. The van der Waals surface area contributed by atoms with Crippen LogP contribution in [0.25, 0.3) is 0 Å². The van der Waals surface area contributed by atoms with Gasteiger partial charge < -0.3 is 11.1 Å². The third-order valence-electron chi connectivity index (χ3n) is 3.75. The summed E-state index contributed by atoms with van der Waals surface area (Å²) >= 11 is 0. The van der Waals surface area contributed by atoms with E-state index in [2.05, 4.69) is 17.1 Å². The van der Waals surface area contributed by atoms with Crippen molar-refractivity contribution >= 4 is 21.4 Å². The number of likely N-dealkylation sites (tertiary alicyclic amines) is 1. The first kappa shape index (κ1) is 15.1. The monoisotopic (exact) mass is 298 g/mol. The molecule has 1 heterocycles. The molecular weight excluding hydrogens is 276 g/mol. The van der Waals surface area contributed by atoms with E-state index in [0.717, 1.165) is 19.5 Å². The Hall–Kier alpha value is -1.31. The summed E-state index contributed by atoms with van der Waals surface area (Å²) < 4.78 is 23.2. The number of rotatable bonds is 5. The SMILES string of the molecule is CCN1CCCC1CNc1ccc(N)cc1S(N)(=O)=O. The number of likely N-dealkylation sites (N-methyl/N-ethyl adjacent to an activating group) is 1. The molecule has 7 heteroatoms. The van der Waals surface area contributed by atoms with Gasteiger partial charge in [-0.1, -0.05) is 6.92 Å². The van der Waals surface area contributed by atoms with Crippen LogP contribution in [-0.4, -0.2) is 39.0 Å². The lowest BCUT2D eigenvalue weighted by Gasteiger charge is -2.24. The molecule has 0 saturated carbocycles. The summed E-state index contributed by atoms with van der Waals surface area (Å²) in [6, 6.07) is 5.17. The molecule has 1 aromatic carbocycles. The third kappa shape index (κ3) is 3.41. The second kappa shape index (κ2) is 5.99. The fourth-order valence-electron chi connectivity index (χ4n) is 2.69. The van der Waals surface area contributed by atoms with Crippen LogP contribution in [0.3, 0.4) is 0 Å². The van der Waals surface area contributed by atoms with Gasteiger partial charge in [-0.2, -0.15) is 0 Å². The van der Waals surface area contributed by atoms with Crippen molar-refractivity contribution in [3.63, 3.8) is 0 Å². The molecule has 20 heavy (non-hydrogen) atoms. The maximum absolute atomic E-state index is 11.6. The number of primary sulfonamides is 1. The maximum atomic E-state index is 11.6. The highest BCUT2D eigenvalue weighted by Gasteiger charge is 2.23. The van der Waals surface area contributed by atoms with Crippen LogP contribution in [0.2, 0.25) is 0 Å². The van der Waals surface area contributed by atoms with E-state index in [9.17, 15) is 8.42 Å². The minimum absolute atomic E-state index is 0.0542. The van der Waals surface area contributed by atoms with Crippen LogP contribution in [0.15, 0.2) is 23.1 Å². The number of nitrogens with two attached hydrogens (primary N) is 2. The number of hydrogen-bond acceptors (Lipinski definition) is 5. The third-order valence-corrected chi connectivity index (χ3v) is 4.70. The van der Waals surface area contributed by atoms with E-state index in [4.69, 9.17) is 10.9 Å². The topological polar surface area (TPSA) is 101 Å². The lowest BCUT2D eigenvalue weighted by atomic mass is 10.2. The Morgan fingerprint density at radius 2 is 2.20 bits per heavy atom. The van der Waals surface area contributed by atoms with Gasteiger partial charge >= 0.3 is 0 Å². The second-order valence-corrected chi connectivity index (χ2v) is 6.64. The molecule has 0 spiro atoms. The molecular formula is C13H22N4O2S. The average molecular weight is 298 g/mol. The predicted octanol–water partition coefficient (Wildman–Crippen LogP) is 0.812. The van der Waals surface area contributed by atoms with Gasteiger partial charge in [-0.3, -0.25) is 4.90 Å². The Labute approximate surface area is 120 Å². The number of anilines is 2. The number of nitrogens with zero attached hydrogens (tertiary/aromatic N) is 1. The quantitative estimate of drug-likeness (QED) is 0.698. The minimum Gasteiger partial charge on any atom is -0.399 e. The van der Waals surface area contributed by atoms with Crippen molar-refractivity contribution < 1.29 is 8.42 Å². The highest BCUT2D eigenvalue weighted by molar-refractivity contribution is 7.89. The Morgan fingerprint density at radius 1 is 1.45 bits per heavy atom. The van der Waals surface area contributed by atoms with Crippen LogP contribution in [0.4, 0.5) is 11.4 Å². The molecule has 1 atom stereocenters. The smallest absolute Gasteiger partial charge is 0.240 e. The largest absolute Gasteiger partial charge is 0.399 e. The molecule has 0 bridgehead atoms. The first-order valence-corrected chi connectivity index (χ1v) is 8.36. The van der Waals surface area contributed by atoms with Crippen molar-refractivity contribution in [2.45, 2.75) is 30.7 Å². The average Bonchev–Trinajstić information content (AvgIpc) is 2.83. The van der Waals surface area contributed by atoms with Gasteiger partial charge in [-0.05, 0) is 44.1 Å². The van der Waals surface area contributed by atoms with Gasteiger partial charge in [-0.15, -0.1) is 0 Å². The lowest BCUT2D eigenvalue weighted by molar-refractivity contribution is 0.277. The van der Waals surface area contributed by atoms with Crippen molar-refractivity contribution in [2.24, 2.45) is 5.14 Å². The zero-order valence-corrected chi connectivity index (χ0v) is 12.5.